The lowest BCUT2D eigenvalue weighted by Gasteiger charge is -2.19. The van der Waals surface area contributed by atoms with Crippen molar-refractivity contribution in [2.24, 2.45) is 0 Å². The van der Waals surface area contributed by atoms with E-state index in [9.17, 15) is 0 Å². The highest BCUT2D eigenvalue weighted by atomic mass is 35.5. The molecule has 4 rings (SSSR count). The minimum Gasteiger partial charge on any atom is -0.336 e. The van der Waals surface area contributed by atoms with Gasteiger partial charge >= 0.3 is 0 Å². The average Bonchev–Trinajstić information content (AvgIpc) is 3.36. The van der Waals surface area contributed by atoms with Gasteiger partial charge in [0.25, 0.3) is 0 Å². The molecule has 4 aromatic rings. The zero-order valence-electron chi connectivity index (χ0n) is 14.1. The molecule has 0 radical (unpaired) electrons. The maximum Gasteiger partial charge on any atom is 0.0946 e. The maximum absolute atomic E-state index is 6.48. The Morgan fingerprint density at radius 1 is 1.00 bits per heavy atom. The Balaban J connectivity index is 1.60. The molecule has 0 spiro atoms. The molecule has 0 aliphatic carbocycles. The van der Waals surface area contributed by atoms with Crippen LogP contribution in [0.4, 0.5) is 0 Å². The molecule has 0 fully saturated rings. The Bertz CT molecular complexity index is 1000. The van der Waals surface area contributed by atoms with Gasteiger partial charge in [0.1, 0.15) is 0 Å². The molecule has 0 aliphatic heterocycles. The van der Waals surface area contributed by atoms with Gasteiger partial charge in [0.2, 0.25) is 0 Å². The van der Waals surface area contributed by atoms with Gasteiger partial charge in [0.15, 0.2) is 0 Å². The molecule has 27 heavy (non-hydrogen) atoms. The van der Waals surface area contributed by atoms with Gasteiger partial charge in [-0.25, -0.2) is 9.67 Å². The van der Waals surface area contributed by atoms with Crippen molar-refractivity contribution >= 4 is 35.0 Å². The summed E-state index contributed by atoms with van der Waals surface area (Å²) in [5, 5.41) is 9.27. The predicted octanol–water partition coefficient (Wildman–Crippen LogP) is 5.30. The predicted molar refractivity (Wildman–Crippen MR) is 109 cm³/mol. The molecule has 0 N–H and O–H groups in total. The summed E-state index contributed by atoms with van der Waals surface area (Å²) >= 11 is 14.3. The van der Waals surface area contributed by atoms with Crippen LogP contribution >= 0.6 is 35.0 Å². The van der Waals surface area contributed by atoms with Crippen LogP contribution in [0.3, 0.4) is 0 Å². The van der Waals surface area contributed by atoms with Crippen molar-refractivity contribution in [3.05, 3.63) is 89.2 Å². The summed E-state index contributed by atoms with van der Waals surface area (Å²) in [6, 6.07) is 13.8. The van der Waals surface area contributed by atoms with Crippen molar-refractivity contribution in [2.45, 2.75) is 16.7 Å². The van der Waals surface area contributed by atoms with Gasteiger partial charge in [0.05, 0.1) is 29.7 Å². The van der Waals surface area contributed by atoms with Crippen molar-refractivity contribution in [2.75, 3.05) is 0 Å². The molecular formula is C19H15Cl2N5S. The summed E-state index contributed by atoms with van der Waals surface area (Å²) in [7, 11) is 0. The molecule has 2 aromatic heterocycles. The van der Waals surface area contributed by atoms with E-state index < -0.39 is 0 Å². The molecule has 2 heterocycles. The molecule has 1 unspecified atom stereocenters. The van der Waals surface area contributed by atoms with Gasteiger partial charge in [-0.1, -0.05) is 34.5 Å². The Morgan fingerprint density at radius 3 is 2.52 bits per heavy atom. The third-order valence-corrected chi connectivity index (χ3v) is 5.84. The Kier molecular flexibility index (Phi) is 5.48. The molecule has 136 valence electrons. The number of nitrogens with zero attached hydrogens (tertiary/aromatic N) is 5. The zero-order valence-corrected chi connectivity index (χ0v) is 16.4. The van der Waals surface area contributed by atoms with E-state index in [1.54, 1.807) is 34.9 Å². The number of thioether (sulfide) groups is 1. The normalized spacial score (nSPS) is 12.2. The first-order valence-corrected chi connectivity index (χ1v) is 9.87. The van der Waals surface area contributed by atoms with E-state index in [0.29, 0.717) is 10.0 Å². The monoisotopic (exact) mass is 415 g/mol. The van der Waals surface area contributed by atoms with Gasteiger partial charge in [-0.2, -0.15) is 0 Å². The molecule has 0 saturated carbocycles. The van der Waals surface area contributed by atoms with Crippen molar-refractivity contribution in [3.8, 4) is 5.69 Å². The Hall–Kier alpha value is -2.28. The van der Waals surface area contributed by atoms with E-state index in [-0.39, 0.29) is 5.25 Å². The quantitative estimate of drug-likeness (QED) is 0.400. The average molecular weight is 416 g/mol. The summed E-state index contributed by atoms with van der Waals surface area (Å²) in [5.41, 5.74) is 2.01. The van der Waals surface area contributed by atoms with Crippen LogP contribution in [-0.2, 0) is 6.54 Å². The molecule has 1 atom stereocenters. The number of hydrogen-bond donors (Lipinski definition) is 0. The van der Waals surface area contributed by atoms with Crippen LogP contribution in [0.25, 0.3) is 5.69 Å². The zero-order chi connectivity index (χ0) is 18.6. The van der Waals surface area contributed by atoms with Gasteiger partial charge in [-0.15, -0.1) is 16.9 Å². The van der Waals surface area contributed by atoms with Crippen LogP contribution in [0.15, 0.2) is 78.5 Å². The fourth-order valence-electron chi connectivity index (χ4n) is 2.74. The summed E-state index contributed by atoms with van der Waals surface area (Å²) < 4.78 is 3.78. The summed E-state index contributed by atoms with van der Waals surface area (Å²) in [6.45, 7) is 0.747. The highest BCUT2D eigenvalue weighted by Crippen LogP contribution is 2.40. The van der Waals surface area contributed by atoms with Gasteiger partial charge in [-0.05, 0) is 42.0 Å². The lowest BCUT2D eigenvalue weighted by Crippen LogP contribution is -2.05. The van der Waals surface area contributed by atoms with Gasteiger partial charge in [0, 0.05) is 33.9 Å². The Morgan fingerprint density at radius 2 is 1.85 bits per heavy atom. The van der Waals surface area contributed by atoms with E-state index in [2.05, 4.69) is 27.4 Å². The first kappa shape index (κ1) is 18.1. The number of halogens is 2. The molecule has 0 aliphatic rings. The van der Waals surface area contributed by atoms with Crippen molar-refractivity contribution in [1.29, 1.82) is 0 Å². The number of rotatable bonds is 6. The van der Waals surface area contributed by atoms with Crippen LogP contribution in [0.1, 0.15) is 10.8 Å². The van der Waals surface area contributed by atoms with Crippen molar-refractivity contribution in [1.82, 2.24) is 24.5 Å². The second kappa shape index (κ2) is 8.17. The third-order valence-electron chi connectivity index (χ3n) is 4.05. The number of hydrogen-bond acceptors (Lipinski definition) is 4. The van der Waals surface area contributed by atoms with Crippen LogP contribution in [0.2, 0.25) is 10.0 Å². The van der Waals surface area contributed by atoms with Gasteiger partial charge < -0.3 is 4.57 Å². The molecular weight excluding hydrogens is 401 g/mol. The minimum atomic E-state index is 0.112. The summed E-state index contributed by atoms with van der Waals surface area (Å²) in [6.07, 6.45) is 9.01. The van der Waals surface area contributed by atoms with E-state index in [1.807, 2.05) is 47.6 Å². The van der Waals surface area contributed by atoms with Crippen LogP contribution in [-0.4, -0.2) is 24.5 Å². The van der Waals surface area contributed by atoms with Crippen LogP contribution in [0.5, 0.6) is 0 Å². The lowest BCUT2D eigenvalue weighted by atomic mass is 10.1. The van der Waals surface area contributed by atoms with E-state index in [0.717, 1.165) is 22.7 Å². The van der Waals surface area contributed by atoms with Crippen molar-refractivity contribution in [3.63, 3.8) is 0 Å². The molecule has 0 saturated heterocycles. The van der Waals surface area contributed by atoms with E-state index in [4.69, 9.17) is 23.2 Å². The molecule has 0 bridgehead atoms. The molecule has 0 amide bonds. The molecule has 5 nitrogen and oxygen atoms in total. The second-order valence-corrected chi connectivity index (χ2v) is 7.99. The highest BCUT2D eigenvalue weighted by Gasteiger charge is 2.18. The first-order chi connectivity index (χ1) is 13.2. The SMILES string of the molecule is Clc1ccc(C(Cn2ccnc2)Sc2ccc(-n3ccnn3)cc2)c(Cl)c1. The molecule has 2 aromatic carbocycles. The fraction of sp³-hybridized carbons (Fsp3) is 0.105. The number of benzene rings is 2. The first-order valence-electron chi connectivity index (χ1n) is 8.23. The smallest absolute Gasteiger partial charge is 0.0946 e. The summed E-state index contributed by atoms with van der Waals surface area (Å²) in [5.74, 6) is 0. The fourth-order valence-corrected chi connectivity index (χ4v) is 4.54. The van der Waals surface area contributed by atoms with Crippen LogP contribution in [0, 0.1) is 0 Å². The second-order valence-electron chi connectivity index (χ2n) is 5.87. The minimum absolute atomic E-state index is 0.112. The largest absolute Gasteiger partial charge is 0.336 e. The maximum atomic E-state index is 6.48. The highest BCUT2D eigenvalue weighted by molar-refractivity contribution is 7.99. The summed E-state index contributed by atoms with van der Waals surface area (Å²) in [4.78, 5) is 5.27. The Labute approximate surface area is 170 Å². The standard InChI is InChI=1S/C19H15Cl2N5S/c20-14-1-6-17(18(21)11-14)19(12-25-9-7-22-13-25)27-16-4-2-15(3-5-16)26-10-8-23-24-26/h1-11,13,19H,12H2. The third kappa shape index (κ3) is 4.35. The topological polar surface area (TPSA) is 48.5 Å². The number of aromatic nitrogens is 5. The lowest BCUT2D eigenvalue weighted by molar-refractivity contribution is 0.683. The van der Waals surface area contributed by atoms with E-state index in [1.165, 1.54) is 0 Å². The van der Waals surface area contributed by atoms with E-state index >= 15 is 0 Å². The van der Waals surface area contributed by atoms with Crippen LogP contribution < -0.4 is 0 Å². The number of imidazole rings is 1. The van der Waals surface area contributed by atoms with Gasteiger partial charge in [-0.3, -0.25) is 0 Å². The van der Waals surface area contributed by atoms with Crippen molar-refractivity contribution < 1.29 is 0 Å². The molecule has 8 heteroatoms.